The summed E-state index contributed by atoms with van der Waals surface area (Å²) in [6.07, 6.45) is 1.09. The van der Waals surface area contributed by atoms with Crippen molar-refractivity contribution in [1.29, 1.82) is 0 Å². The van der Waals surface area contributed by atoms with Crippen molar-refractivity contribution in [3.05, 3.63) is 59.3 Å². The van der Waals surface area contributed by atoms with Gasteiger partial charge in [-0.2, -0.15) is 0 Å². The van der Waals surface area contributed by atoms with Crippen LogP contribution in [0.15, 0.2) is 42.5 Å². The van der Waals surface area contributed by atoms with Gasteiger partial charge in [-0.05, 0) is 30.5 Å². The standard InChI is InChI=1S/C16H21N3/c1-3-11-18-15-10-9-14(12(2)19-15)16(17)13-7-5-4-6-8-13/h4-10,16H,3,11,17H2,1-2H3,(H,18,19)/t16-/m1/s1. The van der Waals surface area contributed by atoms with E-state index in [0.29, 0.717) is 0 Å². The number of pyridine rings is 1. The van der Waals surface area contributed by atoms with E-state index >= 15 is 0 Å². The molecule has 0 saturated carbocycles. The third kappa shape index (κ3) is 3.32. The van der Waals surface area contributed by atoms with Crippen LogP contribution >= 0.6 is 0 Å². The molecular weight excluding hydrogens is 234 g/mol. The predicted molar refractivity (Wildman–Crippen MR) is 80.2 cm³/mol. The molecule has 0 unspecified atom stereocenters. The Morgan fingerprint density at radius 2 is 1.89 bits per heavy atom. The lowest BCUT2D eigenvalue weighted by Gasteiger charge is -2.15. The van der Waals surface area contributed by atoms with Crippen molar-refractivity contribution in [3.63, 3.8) is 0 Å². The molecule has 0 amide bonds. The van der Waals surface area contributed by atoms with Gasteiger partial charge in [0.2, 0.25) is 0 Å². The van der Waals surface area contributed by atoms with Crippen LogP contribution < -0.4 is 11.1 Å². The van der Waals surface area contributed by atoms with E-state index < -0.39 is 0 Å². The van der Waals surface area contributed by atoms with Crippen molar-refractivity contribution in [2.45, 2.75) is 26.3 Å². The van der Waals surface area contributed by atoms with Gasteiger partial charge in [-0.25, -0.2) is 4.98 Å². The number of aromatic nitrogens is 1. The van der Waals surface area contributed by atoms with Gasteiger partial charge in [0.1, 0.15) is 5.82 Å². The van der Waals surface area contributed by atoms with Crippen molar-refractivity contribution in [1.82, 2.24) is 4.98 Å². The normalized spacial score (nSPS) is 12.2. The zero-order valence-corrected chi connectivity index (χ0v) is 11.6. The molecule has 0 radical (unpaired) electrons. The van der Waals surface area contributed by atoms with Crippen molar-refractivity contribution in [3.8, 4) is 0 Å². The molecule has 0 aliphatic carbocycles. The van der Waals surface area contributed by atoms with Gasteiger partial charge in [-0.1, -0.05) is 43.3 Å². The van der Waals surface area contributed by atoms with Crippen molar-refractivity contribution in [2.75, 3.05) is 11.9 Å². The number of benzene rings is 1. The minimum Gasteiger partial charge on any atom is -0.370 e. The Morgan fingerprint density at radius 3 is 2.53 bits per heavy atom. The quantitative estimate of drug-likeness (QED) is 0.862. The molecule has 1 aromatic carbocycles. The molecule has 1 aromatic heterocycles. The molecule has 3 heteroatoms. The van der Waals surface area contributed by atoms with Gasteiger partial charge >= 0.3 is 0 Å². The Labute approximate surface area is 114 Å². The van der Waals surface area contributed by atoms with Crippen LogP contribution in [-0.4, -0.2) is 11.5 Å². The first-order valence-electron chi connectivity index (χ1n) is 6.74. The molecule has 0 aliphatic heterocycles. The van der Waals surface area contributed by atoms with Gasteiger partial charge in [-0.3, -0.25) is 0 Å². The number of aryl methyl sites for hydroxylation is 1. The molecule has 19 heavy (non-hydrogen) atoms. The van der Waals surface area contributed by atoms with E-state index in [9.17, 15) is 0 Å². The molecule has 0 saturated heterocycles. The van der Waals surface area contributed by atoms with Crippen LogP contribution in [0.2, 0.25) is 0 Å². The Bertz CT molecular complexity index is 523. The van der Waals surface area contributed by atoms with E-state index in [-0.39, 0.29) is 6.04 Å². The van der Waals surface area contributed by atoms with E-state index in [4.69, 9.17) is 5.73 Å². The minimum absolute atomic E-state index is 0.117. The van der Waals surface area contributed by atoms with Crippen LogP contribution in [0, 0.1) is 6.92 Å². The highest BCUT2D eigenvalue weighted by Gasteiger charge is 2.12. The largest absolute Gasteiger partial charge is 0.370 e. The van der Waals surface area contributed by atoms with E-state index in [1.165, 1.54) is 0 Å². The Hall–Kier alpha value is -1.87. The van der Waals surface area contributed by atoms with Crippen molar-refractivity contribution >= 4 is 5.82 Å². The average Bonchev–Trinajstić information content (AvgIpc) is 2.45. The summed E-state index contributed by atoms with van der Waals surface area (Å²) in [6.45, 7) is 5.09. The molecule has 0 bridgehead atoms. The number of hydrogen-bond donors (Lipinski definition) is 2. The van der Waals surface area contributed by atoms with Gasteiger partial charge in [0.15, 0.2) is 0 Å². The lowest BCUT2D eigenvalue weighted by molar-refractivity contribution is 0.847. The van der Waals surface area contributed by atoms with Crippen LogP contribution in [0.25, 0.3) is 0 Å². The topological polar surface area (TPSA) is 50.9 Å². The SMILES string of the molecule is CCCNc1ccc([C@H](N)c2ccccc2)c(C)n1. The number of nitrogens with one attached hydrogen (secondary N) is 1. The fraction of sp³-hybridized carbons (Fsp3) is 0.312. The number of rotatable bonds is 5. The third-order valence-corrected chi connectivity index (χ3v) is 3.18. The summed E-state index contributed by atoms with van der Waals surface area (Å²) in [5, 5.41) is 3.29. The summed E-state index contributed by atoms with van der Waals surface area (Å²) in [5.74, 6) is 0.920. The molecule has 100 valence electrons. The molecule has 3 nitrogen and oxygen atoms in total. The molecule has 2 rings (SSSR count). The summed E-state index contributed by atoms with van der Waals surface area (Å²) in [6, 6.07) is 14.1. The number of anilines is 1. The molecular formula is C16H21N3. The van der Waals surface area contributed by atoms with E-state index in [0.717, 1.165) is 35.6 Å². The highest BCUT2D eigenvalue weighted by molar-refractivity contribution is 5.42. The Kier molecular flexibility index (Phi) is 4.53. The molecule has 1 heterocycles. The molecule has 1 atom stereocenters. The minimum atomic E-state index is -0.117. The predicted octanol–water partition coefficient (Wildman–Crippen LogP) is 3.26. The number of hydrogen-bond acceptors (Lipinski definition) is 3. The van der Waals surface area contributed by atoms with Gasteiger partial charge in [0.05, 0.1) is 6.04 Å². The Morgan fingerprint density at radius 1 is 1.16 bits per heavy atom. The average molecular weight is 255 g/mol. The van der Waals surface area contributed by atoms with E-state index in [1.807, 2.05) is 43.3 Å². The number of nitrogens with zero attached hydrogens (tertiary/aromatic N) is 1. The molecule has 0 aliphatic rings. The van der Waals surface area contributed by atoms with Crippen LogP contribution in [0.4, 0.5) is 5.82 Å². The molecule has 2 aromatic rings. The highest BCUT2D eigenvalue weighted by Crippen LogP contribution is 2.22. The second kappa shape index (κ2) is 6.34. The lowest BCUT2D eigenvalue weighted by atomic mass is 9.99. The first kappa shape index (κ1) is 13.6. The first-order valence-corrected chi connectivity index (χ1v) is 6.74. The monoisotopic (exact) mass is 255 g/mol. The van der Waals surface area contributed by atoms with Crippen LogP contribution in [-0.2, 0) is 0 Å². The van der Waals surface area contributed by atoms with E-state index in [1.54, 1.807) is 0 Å². The van der Waals surface area contributed by atoms with Crippen LogP contribution in [0.1, 0.15) is 36.2 Å². The maximum Gasteiger partial charge on any atom is 0.126 e. The highest BCUT2D eigenvalue weighted by atomic mass is 15.0. The fourth-order valence-corrected chi connectivity index (χ4v) is 2.09. The van der Waals surface area contributed by atoms with E-state index in [2.05, 4.69) is 23.3 Å². The summed E-state index contributed by atoms with van der Waals surface area (Å²) < 4.78 is 0. The number of nitrogens with two attached hydrogens (primary N) is 1. The van der Waals surface area contributed by atoms with Gasteiger partial charge in [0, 0.05) is 12.2 Å². The fourth-order valence-electron chi connectivity index (χ4n) is 2.09. The summed E-state index contributed by atoms with van der Waals surface area (Å²) >= 11 is 0. The van der Waals surface area contributed by atoms with Crippen molar-refractivity contribution in [2.24, 2.45) is 5.73 Å². The van der Waals surface area contributed by atoms with Gasteiger partial charge in [0.25, 0.3) is 0 Å². The third-order valence-electron chi connectivity index (χ3n) is 3.18. The summed E-state index contributed by atoms with van der Waals surface area (Å²) in [5.41, 5.74) is 9.48. The second-order valence-corrected chi connectivity index (χ2v) is 4.69. The van der Waals surface area contributed by atoms with Crippen molar-refractivity contribution < 1.29 is 0 Å². The zero-order valence-electron chi connectivity index (χ0n) is 11.6. The molecule has 0 spiro atoms. The van der Waals surface area contributed by atoms with Gasteiger partial charge in [-0.15, -0.1) is 0 Å². The smallest absolute Gasteiger partial charge is 0.126 e. The first-order chi connectivity index (χ1) is 9.22. The van der Waals surface area contributed by atoms with Crippen LogP contribution in [0.5, 0.6) is 0 Å². The lowest BCUT2D eigenvalue weighted by Crippen LogP contribution is -2.14. The van der Waals surface area contributed by atoms with Gasteiger partial charge < -0.3 is 11.1 Å². The summed E-state index contributed by atoms with van der Waals surface area (Å²) in [4.78, 5) is 4.57. The Balaban J connectivity index is 2.21. The maximum atomic E-state index is 6.31. The maximum absolute atomic E-state index is 6.31. The van der Waals surface area contributed by atoms with Crippen LogP contribution in [0.3, 0.4) is 0 Å². The molecule has 0 fully saturated rings. The molecule has 3 N–H and O–H groups in total. The zero-order chi connectivity index (χ0) is 13.7. The second-order valence-electron chi connectivity index (χ2n) is 4.69. The summed E-state index contributed by atoms with van der Waals surface area (Å²) in [7, 11) is 0.